The van der Waals surface area contributed by atoms with Crippen molar-refractivity contribution in [1.29, 1.82) is 0 Å². The second kappa shape index (κ2) is 10.5. The van der Waals surface area contributed by atoms with Gasteiger partial charge in [0.1, 0.15) is 39.2 Å². The van der Waals surface area contributed by atoms with Gasteiger partial charge in [0.05, 0.1) is 52.5 Å². The average molecular weight is 580 g/mol. The molecule has 2 heterocycles. The fourth-order valence-corrected chi connectivity index (χ4v) is 5.29. The molecule has 44 heavy (non-hydrogen) atoms. The minimum Gasteiger partial charge on any atom is -0.352 e. The van der Waals surface area contributed by atoms with Crippen LogP contribution in [-0.2, 0) is 25.6 Å². The molecule has 0 aliphatic carbocycles. The van der Waals surface area contributed by atoms with Crippen molar-refractivity contribution < 1.29 is 28.0 Å². The number of alkyl halides is 2. The highest BCUT2D eigenvalue weighted by atomic mass is 35.5. The molecule has 22 heteroatoms. The fourth-order valence-electron chi connectivity index (χ4n) is 5.17. The van der Waals surface area contributed by atoms with Gasteiger partial charge < -0.3 is 15.0 Å². The Morgan fingerprint density at radius 1 is 0.886 bits per heavy atom. The molecule has 0 aromatic heterocycles. The average Bonchev–Trinajstić information content (AvgIpc) is 3.14. The molecule has 1 saturated heterocycles. The number of carbonyl (C=O) groups excluding carboxylic acids is 4. The van der Waals surface area contributed by atoms with Crippen LogP contribution in [0.5, 0.6) is 0 Å². The van der Waals surface area contributed by atoms with Crippen LogP contribution in [0.2, 0.25) is 15.5 Å². The van der Waals surface area contributed by atoms with E-state index in [1.165, 1.54) is 0 Å². The molecule has 0 bridgehead atoms. The minimum absolute atomic E-state index is 0.136. The van der Waals surface area contributed by atoms with Crippen molar-refractivity contribution >= 4 is 146 Å². The second-order valence-corrected chi connectivity index (χ2v) is 10.8. The van der Waals surface area contributed by atoms with Crippen molar-refractivity contribution in [2.24, 2.45) is 0 Å². The quantitative estimate of drug-likeness (QED) is 0.284. The summed E-state index contributed by atoms with van der Waals surface area (Å²) >= 11 is 5.73. The predicted molar refractivity (Wildman–Crippen MR) is 168 cm³/mol. The van der Waals surface area contributed by atoms with Crippen molar-refractivity contribution in [3.05, 3.63) is 51.5 Å². The first-order valence-electron chi connectivity index (χ1n) is 12.1. The van der Waals surface area contributed by atoms with Crippen LogP contribution < -0.4 is 21.7 Å². The van der Waals surface area contributed by atoms with Crippen molar-refractivity contribution in [2.45, 2.75) is 33.1 Å². The molecule has 1 fully saturated rings. The van der Waals surface area contributed by atoms with Crippen LogP contribution in [0.3, 0.4) is 0 Å². The van der Waals surface area contributed by atoms with E-state index in [9.17, 15) is 28.0 Å². The highest BCUT2D eigenvalue weighted by Gasteiger charge is 2.67. The highest BCUT2D eigenvalue weighted by molar-refractivity contribution is 6.68. The maximum absolute atomic E-state index is 14.9. The molecule has 4 amide bonds. The number of rotatable bonds is 5. The summed E-state index contributed by atoms with van der Waals surface area (Å²) in [5, 5.41) is -6.75. The predicted octanol–water partition coefficient (Wildman–Crippen LogP) is -5.08. The van der Waals surface area contributed by atoms with Gasteiger partial charge in [0.2, 0.25) is 19.8 Å². The third-order valence-electron chi connectivity index (χ3n) is 7.72. The highest BCUT2D eigenvalue weighted by Crippen LogP contribution is 2.58. The third-order valence-corrected chi connectivity index (χ3v) is 7.97. The Bertz CT molecular complexity index is 1650. The van der Waals surface area contributed by atoms with Gasteiger partial charge in [0.25, 0.3) is 11.8 Å². The summed E-state index contributed by atoms with van der Waals surface area (Å²) in [5.74, 6) is -12.4. The van der Waals surface area contributed by atoms with Crippen LogP contribution in [0, 0.1) is 0 Å². The number of amides is 4. The molecule has 2 unspecified atom stereocenters. The molecule has 0 spiro atoms. The number of halogens is 3. The van der Waals surface area contributed by atoms with Crippen molar-refractivity contribution in [3.8, 4) is 0 Å². The van der Waals surface area contributed by atoms with E-state index in [1.54, 1.807) is 0 Å². The van der Waals surface area contributed by atoms with Gasteiger partial charge in [-0.1, -0.05) is 45.3 Å². The van der Waals surface area contributed by atoms with E-state index in [4.69, 9.17) is 106 Å². The van der Waals surface area contributed by atoms with Gasteiger partial charge in [-0.3, -0.25) is 19.2 Å². The first kappa shape index (κ1) is 34.3. The van der Waals surface area contributed by atoms with Gasteiger partial charge in [-0.05, 0) is 33.8 Å². The van der Waals surface area contributed by atoms with E-state index in [-0.39, 0.29) is 14.7 Å². The summed E-state index contributed by atoms with van der Waals surface area (Å²) in [6, 6.07) is 4.10. The third kappa shape index (κ3) is 4.38. The van der Waals surface area contributed by atoms with E-state index in [2.05, 4.69) is 0 Å². The van der Waals surface area contributed by atoms with Gasteiger partial charge >= 0.3 is 5.92 Å². The summed E-state index contributed by atoms with van der Waals surface area (Å²) < 4.78 is 29.9. The van der Waals surface area contributed by atoms with E-state index in [1.807, 2.05) is 5.32 Å². The number of fused-ring (bicyclic) bond motifs is 1. The van der Waals surface area contributed by atoms with Gasteiger partial charge in [-0.25, -0.2) is 0 Å². The van der Waals surface area contributed by atoms with Crippen LogP contribution in [0.25, 0.3) is 0 Å². The van der Waals surface area contributed by atoms with Crippen molar-refractivity contribution in [1.82, 2.24) is 15.0 Å². The van der Waals surface area contributed by atoms with Crippen LogP contribution in [0.1, 0.15) is 33.0 Å². The molecule has 24 radical (unpaired) electrons. The summed E-state index contributed by atoms with van der Waals surface area (Å²) in [6.45, 7) is 0. The van der Waals surface area contributed by atoms with Gasteiger partial charge in [0, 0.05) is 22.1 Å². The molecule has 4 rings (SSSR count). The monoisotopic (exact) mass is 581 g/mol. The normalized spacial score (nSPS) is 22.8. The number of benzene rings is 2. The Kier molecular flexibility index (Phi) is 8.19. The number of nitrogens with one attached hydrogen (secondary N) is 1. The van der Waals surface area contributed by atoms with E-state index >= 15 is 0 Å². The maximum atomic E-state index is 14.9. The van der Waals surface area contributed by atoms with Gasteiger partial charge in [-0.15, -0.1) is 0 Å². The molecule has 2 aliphatic rings. The summed E-state index contributed by atoms with van der Waals surface area (Å²) in [7, 11) is 72.7. The second-order valence-electron chi connectivity index (χ2n) is 10.4. The molecule has 1 N–H and O–H groups in total. The Balaban J connectivity index is 1.84. The van der Waals surface area contributed by atoms with Crippen LogP contribution in [0.4, 0.5) is 8.78 Å². The lowest BCUT2D eigenvalue weighted by Crippen LogP contribution is -2.78. The van der Waals surface area contributed by atoms with Crippen molar-refractivity contribution in [2.75, 3.05) is 0 Å². The molecule has 2 aliphatic heterocycles. The number of imide groups is 1. The molecule has 2 atom stereocenters. The van der Waals surface area contributed by atoms with E-state index < -0.39 is 95.3 Å². The molecule has 0 saturated carbocycles. The van der Waals surface area contributed by atoms with E-state index in [0.717, 1.165) is 24.3 Å². The number of carbonyl (C=O) groups is 4. The Labute approximate surface area is 272 Å². The summed E-state index contributed by atoms with van der Waals surface area (Å²) in [5.41, 5.74) is -7.52. The molecule has 2 aromatic carbocycles. The Morgan fingerprint density at radius 2 is 1.41 bits per heavy atom. The molecular weight excluding hydrogens is 573 g/mol. The SMILES string of the molecule is [B]c1c([B])c(C([B])NC(=O)C(F)(F)c2ccc(Cl)cc2)c([B])c2c1C(=O)N(C1([B])C(=O)N([B])C(=O)C([B])([B])C1([B])[B])C2([B])[B]. The van der Waals surface area contributed by atoms with Crippen molar-refractivity contribution in [3.63, 3.8) is 0 Å². The van der Waals surface area contributed by atoms with E-state index in [0.29, 0.717) is 0 Å². The van der Waals surface area contributed by atoms with Gasteiger partial charge in [0.15, 0.2) is 0 Å². The number of piperidine rings is 1. The molecule has 2 aromatic rings. The van der Waals surface area contributed by atoms with Gasteiger partial charge in [-0.2, -0.15) is 8.78 Å². The molecular formula is C22H6B12ClF2N3O4. The molecule has 7 nitrogen and oxygen atoms in total. The smallest absolute Gasteiger partial charge is 0.349 e. The fraction of sp³-hybridized carbons (Fsp3) is 0.273. The lowest BCUT2D eigenvalue weighted by Gasteiger charge is -2.65. The van der Waals surface area contributed by atoms with Crippen LogP contribution in [0.15, 0.2) is 24.3 Å². The first-order valence-corrected chi connectivity index (χ1v) is 12.5. The van der Waals surface area contributed by atoms with Crippen LogP contribution in [-0.4, -0.2) is 133 Å². The zero-order chi connectivity index (χ0) is 33.7. The largest absolute Gasteiger partial charge is 0.352 e. The maximum Gasteiger partial charge on any atom is 0.349 e. The minimum atomic E-state index is -4.13. The lowest BCUT2D eigenvalue weighted by atomic mass is 9.20. The first-order chi connectivity index (χ1) is 19.9. The number of hydrogen-bond donors (Lipinski definition) is 1. The molecule has 190 valence electrons. The standard InChI is InChI=1S/C22H6B12ClF2N3O4/c23-10-8(13(26)38-15(42)18(36,37)5-1-3-6(35)4-2-5)12(25)11(24)7-9(10)21(30,31)40(14(7)41)20(29)17(44)39(34)16(43)19(27,28)22(20,32)33/h1-4,13H,(H,38,42). The number of hydrogen-bond acceptors (Lipinski definition) is 4. The number of nitrogens with zero attached hydrogens (tertiary/aromatic N) is 2. The zero-order valence-electron chi connectivity index (χ0n) is 22.5. The lowest BCUT2D eigenvalue weighted by molar-refractivity contribution is -0.150. The Hall–Kier alpha value is -2.55. The zero-order valence-corrected chi connectivity index (χ0v) is 23.2. The summed E-state index contributed by atoms with van der Waals surface area (Å²) in [6.07, 6.45) is 0. The van der Waals surface area contributed by atoms with Crippen LogP contribution >= 0.6 is 11.6 Å². The Morgan fingerprint density at radius 3 is 1.93 bits per heavy atom. The summed E-state index contributed by atoms with van der Waals surface area (Å²) in [4.78, 5) is 52.4. The topological polar surface area (TPSA) is 86.8 Å².